The Morgan fingerprint density at radius 1 is 1.40 bits per heavy atom. The molecule has 0 radical (unpaired) electrons. The monoisotopic (exact) mass is 215 g/mol. The maximum absolute atomic E-state index is 10.2. The molecule has 0 spiro atoms. The van der Waals surface area contributed by atoms with Crippen molar-refractivity contribution in [2.75, 3.05) is 6.54 Å². The molecule has 15 heavy (non-hydrogen) atoms. The van der Waals surface area contributed by atoms with E-state index in [1.54, 1.807) is 0 Å². The summed E-state index contributed by atoms with van der Waals surface area (Å²) >= 11 is 0. The largest absolute Gasteiger partial charge is 0.392 e. The molecule has 1 aliphatic rings. The first-order valence-electron chi connectivity index (χ1n) is 6.05. The van der Waals surface area contributed by atoms with Crippen molar-refractivity contribution in [1.29, 1.82) is 0 Å². The zero-order chi connectivity index (χ0) is 11.5. The Kier molecular flexibility index (Phi) is 4.56. The lowest BCUT2D eigenvalue weighted by atomic mass is 9.71. The summed E-state index contributed by atoms with van der Waals surface area (Å²) < 4.78 is 0. The van der Waals surface area contributed by atoms with Crippen molar-refractivity contribution in [1.82, 2.24) is 5.32 Å². The minimum Gasteiger partial charge on any atom is -0.392 e. The fraction of sp³-hybridized carbons (Fsp3) is 1.00. The molecule has 1 aliphatic carbocycles. The zero-order valence-corrected chi connectivity index (χ0v) is 10.2. The number of aliphatic hydroxyl groups is 2. The molecule has 0 heterocycles. The second kappa shape index (κ2) is 5.28. The summed E-state index contributed by atoms with van der Waals surface area (Å²) in [5.41, 5.74) is -0.684. The molecule has 0 saturated heterocycles. The zero-order valence-electron chi connectivity index (χ0n) is 10.2. The van der Waals surface area contributed by atoms with Crippen molar-refractivity contribution in [3.05, 3.63) is 0 Å². The van der Waals surface area contributed by atoms with Crippen LogP contribution in [-0.4, -0.2) is 34.5 Å². The van der Waals surface area contributed by atoms with Crippen LogP contribution < -0.4 is 5.32 Å². The Morgan fingerprint density at radius 2 is 2.00 bits per heavy atom. The van der Waals surface area contributed by atoms with Gasteiger partial charge in [0, 0.05) is 19.0 Å². The number of rotatable bonds is 6. The standard InChI is InChI=1S/C12H25NO2/c1-9(2)13-8-11(14)7-12(3,15)10-5-4-6-10/h9-11,13-15H,4-8H2,1-3H3/t11-,12-/m0/s1. The van der Waals surface area contributed by atoms with Gasteiger partial charge in [-0.15, -0.1) is 0 Å². The first-order valence-corrected chi connectivity index (χ1v) is 6.05. The first kappa shape index (κ1) is 12.9. The lowest BCUT2D eigenvalue weighted by Crippen LogP contribution is -2.44. The van der Waals surface area contributed by atoms with E-state index in [2.05, 4.69) is 19.2 Å². The van der Waals surface area contributed by atoms with E-state index in [0.29, 0.717) is 24.9 Å². The van der Waals surface area contributed by atoms with E-state index in [1.807, 2.05) is 6.92 Å². The molecule has 0 amide bonds. The van der Waals surface area contributed by atoms with E-state index in [9.17, 15) is 10.2 Å². The van der Waals surface area contributed by atoms with Crippen LogP contribution in [0.5, 0.6) is 0 Å². The molecule has 90 valence electrons. The van der Waals surface area contributed by atoms with Gasteiger partial charge in [-0.3, -0.25) is 0 Å². The highest BCUT2D eigenvalue weighted by molar-refractivity contribution is 4.89. The highest BCUT2D eigenvalue weighted by Crippen LogP contribution is 2.38. The minimum absolute atomic E-state index is 0.383. The molecule has 3 N–H and O–H groups in total. The number of nitrogens with one attached hydrogen (secondary N) is 1. The summed E-state index contributed by atoms with van der Waals surface area (Å²) in [6.07, 6.45) is 3.48. The Hall–Kier alpha value is -0.120. The van der Waals surface area contributed by atoms with Crippen molar-refractivity contribution in [3.8, 4) is 0 Å². The number of aliphatic hydroxyl groups excluding tert-OH is 1. The average molecular weight is 215 g/mol. The number of hydrogen-bond donors (Lipinski definition) is 3. The Morgan fingerprint density at radius 3 is 2.40 bits per heavy atom. The Labute approximate surface area is 92.9 Å². The molecule has 0 aromatic rings. The molecule has 0 aromatic heterocycles. The van der Waals surface area contributed by atoms with Crippen LogP contribution in [0.2, 0.25) is 0 Å². The van der Waals surface area contributed by atoms with Crippen molar-refractivity contribution in [2.24, 2.45) is 5.92 Å². The molecule has 0 aromatic carbocycles. The van der Waals surface area contributed by atoms with Gasteiger partial charge in [0.15, 0.2) is 0 Å². The van der Waals surface area contributed by atoms with Gasteiger partial charge >= 0.3 is 0 Å². The quantitative estimate of drug-likeness (QED) is 0.626. The van der Waals surface area contributed by atoms with Gasteiger partial charge in [-0.1, -0.05) is 20.3 Å². The van der Waals surface area contributed by atoms with Crippen LogP contribution in [-0.2, 0) is 0 Å². The van der Waals surface area contributed by atoms with Gasteiger partial charge in [-0.25, -0.2) is 0 Å². The Bertz CT molecular complexity index is 188. The molecule has 3 heteroatoms. The molecule has 0 unspecified atom stereocenters. The summed E-state index contributed by atoms with van der Waals surface area (Å²) in [4.78, 5) is 0. The molecular formula is C12H25NO2. The maximum atomic E-state index is 10.2. The third kappa shape index (κ3) is 4.09. The molecule has 1 rings (SSSR count). The second-order valence-electron chi connectivity index (χ2n) is 5.41. The normalized spacial score (nSPS) is 23.6. The molecule has 0 bridgehead atoms. The SMILES string of the molecule is CC(C)NC[C@@H](O)C[C@](C)(O)C1CCC1. The second-order valence-corrected chi connectivity index (χ2v) is 5.41. The summed E-state index contributed by atoms with van der Waals surface area (Å²) in [7, 11) is 0. The maximum Gasteiger partial charge on any atom is 0.0692 e. The van der Waals surface area contributed by atoms with Gasteiger partial charge in [0.1, 0.15) is 0 Å². The highest BCUT2D eigenvalue weighted by atomic mass is 16.3. The molecule has 2 atom stereocenters. The third-order valence-corrected chi connectivity index (χ3v) is 3.40. The summed E-state index contributed by atoms with van der Waals surface area (Å²) in [5, 5.41) is 23.1. The van der Waals surface area contributed by atoms with Crippen LogP contribution >= 0.6 is 0 Å². The van der Waals surface area contributed by atoms with E-state index >= 15 is 0 Å². The third-order valence-electron chi connectivity index (χ3n) is 3.40. The van der Waals surface area contributed by atoms with Crippen molar-refractivity contribution in [2.45, 2.75) is 64.2 Å². The van der Waals surface area contributed by atoms with E-state index in [1.165, 1.54) is 6.42 Å². The van der Waals surface area contributed by atoms with E-state index in [-0.39, 0.29) is 0 Å². The van der Waals surface area contributed by atoms with E-state index in [4.69, 9.17) is 0 Å². The van der Waals surface area contributed by atoms with Crippen LogP contribution in [0, 0.1) is 5.92 Å². The lowest BCUT2D eigenvalue weighted by Gasteiger charge is -2.40. The van der Waals surface area contributed by atoms with Gasteiger partial charge < -0.3 is 15.5 Å². The number of hydrogen-bond acceptors (Lipinski definition) is 3. The van der Waals surface area contributed by atoms with Crippen LogP contribution in [0.4, 0.5) is 0 Å². The van der Waals surface area contributed by atoms with Crippen molar-refractivity contribution < 1.29 is 10.2 Å². The topological polar surface area (TPSA) is 52.5 Å². The van der Waals surface area contributed by atoms with Crippen LogP contribution in [0.25, 0.3) is 0 Å². The molecule has 1 saturated carbocycles. The van der Waals surface area contributed by atoms with Crippen molar-refractivity contribution >= 4 is 0 Å². The van der Waals surface area contributed by atoms with Gasteiger partial charge in [0.25, 0.3) is 0 Å². The van der Waals surface area contributed by atoms with E-state index in [0.717, 1.165) is 12.8 Å². The smallest absolute Gasteiger partial charge is 0.0692 e. The van der Waals surface area contributed by atoms with E-state index < -0.39 is 11.7 Å². The minimum atomic E-state index is -0.684. The molecule has 0 aliphatic heterocycles. The fourth-order valence-electron chi connectivity index (χ4n) is 2.12. The summed E-state index contributed by atoms with van der Waals surface area (Å²) in [5.74, 6) is 0.395. The van der Waals surface area contributed by atoms with Crippen molar-refractivity contribution in [3.63, 3.8) is 0 Å². The lowest BCUT2D eigenvalue weighted by molar-refractivity contribution is -0.0668. The molecular weight excluding hydrogens is 190 g/mol. The van der Waals surface area contributed by atoms with Gasteiger partial charge in [-0.05, 0) is 25.7 Å². The molecule has 3 nitrogen and oxygen atoms in total. The first-order chi connectivity index (χ1) is 6.92. The van der Waals surface area contributed by atoms with Gasteiger partial charge in [0.2, 0.25) is 0 Å². The Balaban J connectivity index is 2.25. The van der Waals surface area contributed by atoms with Crippen LogP contribution in [0.3, 0.4) is 0 Å². The van der Waals surface area contributed by atoms with Gasteiger partial charge in [-0.2, -0.15) is 0 Å². The summed E-state index contributed by atoms with van der Waals surface area (Å²) in [6.45, 7) is 6.53. The van der Waals surface area contributed by atoms with Crippen LogP contribution in [0.1, 0.15) is 46.5 Å². The molecule has 1 fully saturated rings. The average Bonchev–Trinajstić information content (AvgIpc) is 1.95. The highest BCUT2D eigenvalue weighted by Gasteiger charge is 2.37. The fourth-order valence-corrected chi connectivity index (χ4v) is 2.12. The predicted molar refractivity (Wildman–Crippen MR) is 61.7 cm³/mol. The van der Waals surface area contributed by atoms with Crippen LogP contribution in [0.15, 0.2) is 0 Å². The van der Waals surface area contributed by atoms with Gasteiger partial charge in [0.05, 0.1) is 11.7 Å². The predicted octanol–water partition coefficient (Wildman–Crippen LogP) is 1.29. The summed E-state index contributed by atoms with van der Waals surface area (Å²) in [6, 6.07) is 0.383.